The van der Waals surface area contributed by atoms with Gasteiger partial charge in [-0.15, -0.1) is 0 Å². The molecule has 2 nitrogen and oxygen atoms in total. The molecule has 10 aromatic rings. The Labute approximate surface area is 277 Å². The van der Waals surface area contributed by atoms with Crippen LogP contribution in [0.25, 0.3) is 99.2 Å². The van der Waals surface area contributed by atoms with Crippen molar-refractivity contribution in [2.75, 3.05) is 0 Å². The first-order chi connectivity index (χ1) is 23.8. The Bertz CT molecular complexity index is 2830. The molecule has 2 heteroatoms. The summed E-state index contributed by atoms with van der Waals surface area (Å²) in [6.45, 7) is 0. The van der Waals surface area contributed by atoms with Gasteiger partial charge in [0, 0.05) is 21.5 Å². The van der Waals surface area contributed by atoms with Crippen LogP contribution < -0.4 is 0 Å². The van der Waals surface area contributed by atoms with Gasteiger partial charge in [0.05, 0.1) is 0 Å². The molecule has 8 aromatic carbocycles. The third-order valence-electron chi connectivity index (χ3n) is 9.66. The predicted octanol–water partition coefficient (Wildman–Crippen LogP) is 13.3. The van der Waals surface area contributed by atoms with Crippen molar-refractivity contribution >= 4 is 54.6 Å². The predicted molar refractivity (Wildman–Crippen MR) is 200 cm³/mol. The van der Waals surface area contributed by atoms with Crippen LogP contribution in [0.4, 0.5) is 0 Å². The summed E-state index contributed by atoms with van der Waals surface area (Å²) >= 11 is 0. The maximum atomic E-state index is 6.33. The van der Waals surface area contributed by atoms with E-state index in [2.05, 4.69) is 146 Å². The van der Waals surface area contributed by atoms with Gasteiger partial charge >= 0.3 is 0 Å². The molecule has 0 N–H and O–H groups in total. The highest BCUT2D eigenvalue weighted by molar-refractivity contribution is 6.19. The third kappa shape index (κ3) is 4.20. The first-order valence-electron chi connectivity index (χ1n) is 16.3. The van der Waals surface area contributed by atoms with E-state index in [0.717, 1.165) is 66.1 Å². The minimum absolute atomic E-state index is 0.894. The summed E-state index contributed by atoms with van der Waals surface area (Å²) in [5, 5.41) is 6.94. The molecule has 0 spiro atoms. The van der Waals surface area contributed by atoms with E-state index in [4.69, 9.17) is 8.83 Å². The standard InChI is InChI=1S/C46H28O2/c1-2-11-29(12-3-1)35-13-4-5-14-36(35)33-25-32(26-34(27-33)37-17-10-20-43-45(37)38-15-6-8-18-41(38)47-43)31-22-21-30-23-24-44-46(40(30)28-31)39-16-7-9-19-42(39)48-44/h1-28H. The van der Waals surface area contributed by atoms with Gasteiger partial charge < -0.3 is 8.83 Å². The van der Waals surface area contributed by atoms with Gasteiger partial charge in [0.15, 0.2) is 0 Å². The van der Waals surface area contributed by atoms with Crippen molar-refractivity contribution < 1.29 is 8.83 Å². The van der Waals surface area contributed by atoms with E-state index in [1.807, 2.05) is 24.3 Å². The third-order valence-corrected chi connectivity index (χ3v) is 9.66. The summed E-state index contributed by atoms with van der Waals surface area (Å²) in [5.41, 5.74) is 13.0. The average molecular weight is 613 g/mol. The zero-order chi connectivity index (χ0) is 31.6. The van der Waals surface area contributed by atoms with Gasteiger partial charge in [-0.2, -0.15) is 0 Å². The van der Waals surface area contributed by atoms with E-state index in [-0.39, 0.29) is 0 Å². The summed E-state index contributed by atoms with van der Waals surface area (Å²) in [7, 11) is 0. The minimum Gasteiger partial charge on any atom is -0.456 e. The van der Waals surface area contributed by atoms with Gasteiger partial charge in [-0.25, -0.2) is 0 Å². The van der Waals surface area contributed by atoms with E-state index in [1.54, 1.807) is 0 Å². The van der Waals surface area contributed by atoms with Gasteiger partial charge in [0.2, 0.25) is 0 Å². The molecule has 0 radical (unpaired) electrons. The molecule has 224 valence electrons. The molecule has 2 heterocycles. The van der Waals surface area contributed by atoms with Crippen LogP contribution in [0.15, 0.2) is 179 Å². The molecule has 0 amide bonds. The largest absolute Gasteiger partial charge is 0.456 e. The van der Waals surface area contributed by atoms with E-state index in [0.29, 0.717) is 0 Å². The number of fused-ring (bicyclic) bond motifs is 8. The smallest absolute Gasteiger partial charge is 0.136 e. The highest BCUT2D eigenvalue weighted by atomic mass is 16.3. The molecule has 0 unspecified atom stereocenters. The zero-order valence-electron chi connectivity index (χ0n) is 26.0. The van der Waals surface area contributed by atoms with Gasteiger partial charge in [-0.3, -0.25) is 0 Å². The molecule has 0 aliphatic rings. The zero-order valence-corrected chi connectivity index (χ0v) is 26.0. The van der Waals surface area contributed by atoms with E-state index in [1.165, 1.54) is 33.0 Å². The summed E-state index contributed by atoms with van der Waals surface area (Å²) in [4.78, 5) is 0. The summed E-state index contributed by atoms with van der Waals surface area (Å²) < 4.78 is 12.6. The topological polar surface area (TPSA) is 26.3 Å². The monoisotopic (exact) mass is 612 g/mol. The van der Waals surface area contributed by atoms with E-state index >= 15 is 0 Å². The normalized spacial score (nSPS) is 11.8. The Kier molecular flexibility index (Phi) is 5.91. The Balaban J connectivity index is 1.26. The number of para-hydroxylation sites is 2. The van der Waals surface area contributed by atoms with Crippen molar-refractivity contribution in [3.63, 3.8) is 0 Å². The summed E-state index contributed by atoms with van der Waals surface area (Å²) in [6, 6.07) is 60.5. The van der Waals surface area contributed by atoms with Crippen molar-refractivity contribution in [3.05, 3.63) is 170 Å². The Morgan fingerprint density at radius 2 is 0.812 bits per heavy atom. The summed E-state index contributed by atoms with van der Waals surface area (Å²) in [6.07, 6.45) is 0. The van der Waals surface area contributed by atoms with Crippen LogP contribution in [0.1, 0.15) is 0 Å². The fraction of sp³-hybridized carbons (Fsp3) is 0. The van der Waals surface area contributed by atoms with Crippen LogP contribution >= 0.6 is 0 Å². The second kappa shape index (κ2) is 10.6. The van der Waals surface area contributed by atoms with Gasteiger partial charge in [0.1, 0.15) is 22.3 Å². The van der Waals surface area contributed by atoms with E-state index < -0.39 is 0 Å². The van der Waals surface area contributed by atoms with Crippen LogP contribution in [0.5, 0.6) is 0 Å². The Morgan fingerprint density at radius 3 is 1.58 bits per heavy atom. The lowest BCUT2D eigenvalue weighted by molar-refractivity contribution is 0.668. The van der Waals surface area contributed by atoms with Crippen LogP contribution in [0.2, 0.25) is 0 Å². The average Bonchev–Trinajstić information content (AvgIpc) is 3.74. The maximum Gasteiger partial charge on any atom is 0.136 e. The molecule has 10 rings (SSSR count). The molecule has 0 aliphatic heterocycles. The quantitative estimate of drug-likeness (QED) is 0.198. The fourth-order valence-corrected chi connectivity index (χ4v) is 7.45. The number of rotatable bonds is 4. The first-order valence-corrected chi connectivity index (χ1v) is 16.3. The molecule has 0 fully saturated rings. The molecule has 48 heavy (non-hydrogen) atoms. The van der Waals surface area contributed by atoms with Crippen LogP contribution in [-0.4, -0.2) is 0 Å². The lowest BCUT2D eigenvalue weighted by atomic mass is 9.88. The van der Waals surface area contributed by atoms with Crippen molar-refractivity contribution in [3.8, 4) is 44.5 Å². The van der Waals surface area contributed by atoms with E-state index in [9.17, 15) is 0 Å². The second-order valence-electron chi connectivity index (χ2n) is 12.5. The molecule has 0 bridgehead atoms. The molecular weight excluding hydrogens is 585 g/mol. The van der Waals surface area contributed by atoms with Gasteiger partial charge in [0.25, 0.3) is 0 Å². The molecule has 0 aliphatic carbocycles. The minimum atomic E-state index is 0.894. The lowest BCUT2D eigenvalue weighted by Crippen LogP contribution is -1.90. The number of hydrogen-bond donors (Lipinski definition) is 0. The van der Waals surface area contributed by atoms with Gasteiger partial charge in [-0.05, 0) is 104 Å². The summed E-state index contributed by atoms with van der Waals surface area (Å²) in [5.74, 6) is 0. The molecule has 0 atom stereocenters. The Morgan fingerprint density at radius 1 is 0.271 bits per heavy atom. The first kappa shape index (κ1) is 26.8. The Hall–Kier alpha value is -6.38. The number of furan rings is 2. The lowest BCUT2D eigenvalue weighted by Gasteiger charge is -2.15. The van der Waals surface area contributed by atoms with Crippen molar-refractivity contribution in [2.24, 2.45) is 0 Å². The molecular formula is C46H28O2. The molecule has 0 saturated carbocycles. The molecule has 2 aromatic heterocycles. The number of hydrogen-bond acceptors (Lipinski definition) is 2. The second-order valence-corrected chi connectivity index (χ2v) is 12.5. The van der Waals surface area contributed by atoms with Gasteiger partial charge in [-0.1, -0.05) is 121 Å². The van der Waals surface area contributed by atoms with Crippen LogP contribution in [0.3, 0.4) is 0 Å². The highest BCUT2D eigenvalue weighted by Crippen LogP contribution is 2.43. The van der Waals surface area contributed by atoms with Crippen molar-refractivity contribution in [1.82, 2.24) is 0 Å². The SMILES string of the molecule is c1ccc(-c2ccccc2-c2cc(-c3ccc4ccc5oc6ccccc6c5c4c3)cc(-c3cccc4oc5ccccc5c34)c2)cc1. The maximum absolute atomic E-state index is 6.33. The van der Waals surface area contributed by atoms with Crippen molar-refractivity contribution in [2.45, 2.75) is 0 Å². The fourth-order valence-electron chi connectivity index (χ4n) is 7.45. The number of benzene rings is 8. The molecule has 0 saturated heterocycles. The highest BCUT2D eigenvalue weighted by Gasteiger charge is 2.17. The van der Waals surface area contributed by atoms with Crippen LogP contribution in [-0.2, 0) is 0 Å². The van der Waals surface area contributed by atoms with Crippen molar-refractivity contribution in [1.29, 1.82) is 0 Å². The van der Waals surface area contributed by atoms with Crippen LogP contribution in [0, 0.1) is 0 Å².